The van der Waals surface area contributed by atoms with Crippen molar-refractivity contribution in [2.45, 2.75) is 43.4 Å². The summed E-state index contributed by atoms with van der Waals surface area (Å²) in [7, 11) is 1.73. The highest BCUT2D eigenvalue weighted by atomic mass is 79.9. The van der Waals surface area contributed by atoms with E-state index in [1.54, 1.807) is 30.1 Å². The third kappa shape index (κ3) is 6.26. The van der Waals surface area contributed by atoms with Crippen LogP contribution in [-0.4, -0.2) is 65.5 Å². The number of alkyl halides is 5. The number of fused-ring (bicyclic) bond motifs is 1. The molecule has 17 heteroatoms. The third-order valence-corrected chi connectivity index (χ3v) is 5.75. The molecule has 3 aromatic rings. The average molecular weight is 583 g/mol. The number of nitrogens with two attached hydrogens (primary N) is 1. The number of aromatic nitrogens is 5. The molecule has 196 valence electrons. The Labute approximate surface area is 208 Å². The van der Waals surface area contributed by atoms with Gasteiger partial charge < -0.3 is 21.5 Å². The number of carboxylic acid groups (broad SMARTS) is 1. The lowest BCUT2D eigenvalue weighted by Gasteiger charge is -2.35. The predicted octanol–water partition coefficient (Wildman–Crippen LogP) is 3.04. The van der Waals surface area contributed by atoms with Crippen LogP contribution in [0, 0.1) is 0 Å². The SMILES string of the molecule is Cn1cc(NC(=O)c2ccc3cnc(N[C@@H]4CCCC(F)(F)[C@@H]4N)nn23)c(Br)n1.O=C(O)C(F)(F)F. The molecule has 0 spiro atoms. The zero-order chi connectivity index (χ0) is 26.8. The van der Waals surface area contributed by atoms with Gasteiger partial charge in [-0.05, 0) is 40.9 Å². The van der Waals surface area contributed by atoms with Crippen LogP contribution in [0.25, 0.3) is 5.52 Å². The number of rotatable bonds is 4. The zero-order valence-corrected chi connectivity index (χ0v) is 20.0. The number of anilines is 2. The van der Waals surface area contributed by atoms with E-state index in [1.165, 1.54) is 10.7 Å². The number of carbonyl (C=O) groups excluding carboxylic acids is 1. The number of nitrogens with one attached hydrogen (secondary N) is 2. The van der Waals surface area contributed by atoms with Crippen LogP contribution in [0.5, 0.6) is 0 Å². The van der Waals surface area contributed by atoms with E-state index < -0.39 is 36.1 Å². The summed E-state index contributed by atoms with van der Waals surface area (Å²) in [6.45, 7) is 0. The Morgan fingerprint density at radius 3 is 2.53 bits per heavy atom. The van der Waals surface area contributed by atoms with Crippen LogP contribution in [0.3, 0.4) is 0 Å². The molecule has 3 heterocycles. The molecule has 5 N–H and O–H groups in total. The first-order valence-corrected chi connectivity index (χ1v) is 11.0. The van der Waals surface area contributed by atoms with Crippen molar-refractivity contribution in [3.05, 3.63) is 34.8 Å². The number of hydrogen-bond acceptors (Lipinski definition) is 7. The van der Waals surface area contributed by atoms with Gasteiger partial charge in [0.1, 0.15) is 5.69 Å². The molecule has 36 heavy (non-hydrogen) atoms. The van der Waals surface area contributed by atoms with Crippen LogP contribution in [0.2, 0.25) is 0 Å². The van der Waals surface area contributed by atoms with Crippen LogP contribution in [0.4, 0.5) is 33.6 Å². The number of carboxylic acids is 1. The highest BCUT2D eigenvalue weighted by molar-refractivity contribution is 9.10. The largest absolute Gasteiger partial charge is 0.490 e. The lowest BCUT2D eigenvalue weighted by atomic mass is 9.87. The Kier molecular flexibility index (Phi) is 7.82. The molecule has 1 saturated carbocycles. The molecule has 0 aliphatic heterocycles. The molecular formula is C19H20BrF5N8O3. The molecule has 0 bridgehead atoms. The Bertz CT molecular complexity index is 1260. The first-order chi connectivity index (χ1) is 16.7. The first kappa shape index (κ1) is 27.3. The molecule has 1 fully saturated rings. The highest BCUT2D eigenvalue weighted by Gasteiger charge is 2.45. The number of aryl methyl sites for hydroxylation is 1. The third-order valence-electron chi connectivity index (χ3n) is 5.17. The van der Waals surface area contributed by atoms with Crippen molar-refractivity contribution in [2.24, 2.45) is 12.8 Å². The van der Waals surface area contributed by atoms with Gasteiger partial charge in [-0.3, -0.25) is 9.48 Å². The quantitative estimate of drug-likeness (QED) is 0.342. The molecule has 1 aliphatic rings. The summed E-state index contributed by atoms with van der Waals surface area (Å²) < 4.78 is 63.0. The first-order valence-electron chi connectivity index (χ1n) is 10.2. The predicted molar refractivity (Wildman–Crippen MR) is 120 cm³/mol. The maximum absolute atomic E-state index is 13.9. The van der Waals surface area contributed by atoms with Crippen molar-refractivity contribution in [3.63, 3.8) is 0 Å². The smallest absolute Gasteiger partial charge is 0.475 e. The van der Waals surface area contributed by atoms with Crippen LogP contribution < -0.4 is 16.4 Å². The molecular weight excluding hydrogens is 563 g/mol. The van der Waals surface area contributed by atoms with Crippen molar-refractivity contribution in [2.75, 3.05) is 10.6 Å². The fourth-order valence-electron chi connectivity index (χ4n) is 3.40. The van der Waals surface area contributed by atoms with Gasteiger partial charge in [0.2, 0.25) is 5.95 Å². The minimum Gasteiger partial charge on any atom is -0.475 e. The lowest BCUT2D eigenvalue weighted by Crippen LogP contribution is -2.55. The van der Waals surface area contributed by atoms with Gasteiger partial charge in [-0.15, -0.1) is 5.10 Å². The average Bonchev–Trinajstić information content (AvgIpc) is 3.33. The van der Waals surface area contributed by atoms with Gasteiger partial charge in [-0.25, -0.2) is 23.1 Å². The van der Waals surface area contributed by atoms with Crippen molar-refractivity contribution < 1.29 is 36.6 Å². The summed E-state index contributed by atoms with van der Waals surface area (Å²) in [5, 5.41) is 21.2. The highest BCUT2D eigenvalue weighted by Crippen LogP contribution is 2.33. The fraction of sp³-hybridized carbons (Fsp3) is 0.421. The fourth-order valence-corrected chi connectivity index (χ4v) is 3.85. The van der Waals surface area contributed by atoms with Gasteiger partial charge in [-0.1, -0.05) is 0 Å². The maximum atomic E-state index is 13.9. The molecule has 0 unspecified atom stereocenters. The second-order valence-corrected chi connectivity index (χ2v) is 8.58. The second-order valence-electron chi connectivity index (χ2n) is 7.83. The number of halogens is 6. The summed E-state index contributed by atoms with van der Waals surface area (Å²) in [6.07, 6.45) is -1.29. The minimum atomic E-state index is -5.08. The zero-order valence-electron chi connectivity index (χ0n) is 18.4. The van der Waals surface area contributed by atoms with E-state index in [4.69, 9.17) is 15.6 Å². The summed E-state index contributed by atoms with van der Waals surface area (Å²) in [4.78, 5) is 25.8. The van der Waals surface area contributed by atoms with Crippen LogP contribution in [0.15, 0.2) is 29.1 Å². The minimum absolute atomic E-state index is 0.128. The Balaban J connectivity index is 0.000000454. The monoisotopic (exact) mass is 582 g/mol. The van der Waals surface area contributed by atoms with Gasteiger partial charge in [0.15, 0.2) is 4.60 Å². The van der Waals surface area contributed by atoms with E-state index in [1.807, 2.05) is 0 Å². The van der Waals surface area contributed by atoms with Gasteiger partial charge in [-0.2, -0.15) is 18.3 Å². The van der Waals surface area contributed by atoms with Crippen molar-refractivity contribution in [3.8, 4) is 0 Å². The summed E-state index contributed by atoms with van der Waals surface area (Å²) in [5.41, 5.74) is 7.09. The standard InChI is InChI=1S/C17H19BrF2N8O.C2HF3O2/c1-27-8-11(14(18)25-27)23-15(29)12-5-4-9-7-22-16(26-28(9)12)24-10-3-2-6-17(19,20)13(10)21;3-2(4,5)1(6)7/h4-5,7-8,10,13H,2-3,6,21H2,1H3,(H,23,29)(H,24,26);(H,6,7)/t10-,13-;/m1./s1. The van der Waals surface area contributed by atoms with E-state index in [2.05, 4.69) is 41.7 Å². The maximum Gasteiger partial charge on any atom is 0.490 e. The summed E-state index contributed by atoms with van der Waals surface area (Å²) in [6, 6.07) is 1.31. The van der Waals surface area contributed by atoms with Crippen molar-refractivity contribution in [1.29, 1.82) is 0 Å². The number of nitrogens with zero attached hydrogens (tertiary/aromatic N) is 5. The Morgan fingerprint density at radius 1 is 1.28 bits per heavy atom. The van der Waals surface area contributed by atoms with E-state index in [9.17, 15) is 26.7 Å². The lowest BCUT2D eigenvalue weighted by molar-refractivity contribution is -0.192. The molecule has 0 radical (unpaired) electrons. The molecule has 1 amide bonds. The van der Waals surface area contributed by atoms with Gasteiger partial charge >= 0.3 is 12.1 Å². The van der Waals surface area contributed by atoms with E-state index in [0.717, 1.165) is 0 Å². The molecule has 11 nitrogen and oxygen atoms in total. The molecule has 2 atom stereocenters. The summed E-state index contributed by atoms with van der Waals surface area (Å²) >= 11 is 3.28. The Hall–Kier alpha value is -3.34. The number of hydrogen-bond donors (Lipinski definition) is 4. The molecule has 3 aromatic heterocycles. The van der Waals surface area contributed by atoms with E-state index in [-0.39, 0.29) is 18.1 Å². The topological polar surface area (TPSA) is 152 Å². The normalized spacial score (nSPS) is 19.3. The number of carbonyl (C=O) groups is 2. The molecule has 4 rings (SSSR count). The molecule has 0 aromatic carbocycles. The Morgan fingerprint density at radius 2 is 1.94 bits per heavy atom. The second kappa shape index (κ2) is 10.3. The molecule has 0 saturated heterocycles. The van der Waals surface area contributed by atoms with Crippen LogP contribution >= 0.6 is 15.9 Å². The van der Waals surface area contributed by atoms with Crippen LogP contribution in [0.1, 0.15) is 29.8 Å². The van der Waals surface area contributed by atoms with Crippen molar-refractivity contribution >= 4 is 45.0 Å². The number of amides is 1. The van der Waals surface area contributed by atoms with E-state index >= 15 is 0 Å². The summed E-state index contributed by atoms with van der Waals surface area (Å²) in [5.74, 6) is -5.96. The molecule has 1 aliphatic carbocycles. The van der Waals surface area contributed by atoms with Crippen molar-refractivity contribution in [1.82, 2.24) is 24.4 Å². The number of aliphatic carboxylic acids is 1. The van der Waals surface area contributed by atoms with Gasteiger partial charge in [0, 0.05) is 19.7 Å². The van der Waals surface area contributed by atoms with Crippen LogP contribution in [-0.2, 0) is 11.8 Å². The van der Waals surface area contributed by atoms with E-state index in [0.29, 0.717) is 28.6 Å². The van der Waals surface area contributed by atoms with Gasteiger partial charge in [0.25, 0.3) is 11.8 Å². The van der Waals surface area contributed by atoms with Gasteiger partial charge in [0.05, 0.1) is 29.5 Å².